The fourth-order valence-electron chi connectivity index (χ4n) is 2.89. The molecule has 0 aliphatic carbocycles. The summed E-state index contributed by atoms with van der Waals surface area (Å²) in [7, 11) is 0. The molecule has 1 aromatic rings. The summed E-state index contributed by atoms with van der Waals surface area (Å²) in [5.74, 6) is 0.240. The van der Waals surface area contributed by atoms with Gasteiger partial charge >= 0.3 is 0 Å². The Bertz CT molecular complexity index is 555. The van der Waals surface area contributed by atoms with Gasteiger partial charge in [0, 0.05) is 37.8 Å². The Balaban J connectivity index is 1.85. The van der Waals surface area contributed by atoms with Crippen LogP contribution in [0.25, 0.3) is 0 Å². The fraction of sp³-hybridized carbons (Fsp3) is 0.556. The maximum Gasteiger partial charge on any atom is 0.238 e. The predicted octanol–water partition coefficient (Wildman–Crippen LogP) is 2.04. The molecule has 0 radical (unpaired) electrons. The van der Waals surface area contributed by atoms with Gasteiger partial charge in [0.25, 0.3) is 0 Å². The van der Waals surface area contributed by atoms with Crippen molar-refractivity contribution in [1.29, 1.82) is 0 Å². The van der Waals surface area contributed by atoms with Gasteiger partial charge in [-0.1, -0.05) is 32.0 Å². The maximum atomic E-state index is 12.3. The Morgan fingerprint density at radius 3 is 2.17 bits per heavy atom. The topological polar surface area (TPSA) is 52.7 Å². The molecular formula is C18H27N3O2. The summed E-state index contributed by atoms with van der Waals surface area (Å²) in [5, 5.41) is 3.02. The van der Waals surface area contributed by atoms with Crippen LogP contribution in [0.15, 0.2) is 18.2 Å². The number of carbonyl (C=O) groups excluding carboxylic acids is 2. The first kappa shape index (κ1) is 17.5. The second-order valence-electron chi connectivity index (χ2n) is 6.57. The highest BCUT2D eigenvalue weighted by atomic mass is 16.2. The molecule has 0 aromatic heterocycles. The number of aryl methyl sites for hydroxylation is 2. The largest absolute Gasteiger partial charge is 0.340 e. The molecule has 1 heterocycles. The molecule has 1 aliphatic rings. The summed E-state index contributed by atoms with van der Waals surface area (Å²) in [6, 6.07) is 5.99. The molecule has 126 valence electrons. The third kappa shape index (κ3) is 4.55. The van der Waals surface area contributed by atoms with E-state index < -0.39 is 0 Å². The molecule has 0 unspecified atom stereocenters. The molecule has 0 spiro atoms. The smallest absolute Gasteiger partial charge is 0.238 e. The van der Waals surface area contributed by atoms with Gasteiger partial charge in [0.2, 0.25) is 11.8 Å². The van der Waals surface area contributed by atoms with Gasteiger partial charge in [0.05, 0.1) is 6.54 Å². The van der Waals surface area contributed by atoms with E-state index in [9.17, 15) is 9.59 Å². The number of rotatable bonds is 4. The highest BCUT2D eigenvalue weighted by Gasteiger charge is 2.23. The van der Waals surface area contributed by atoms with E-state index in [-0.39, 0.29) is 17.7 Å². The van der Waals surface area contributed by atoms with Crippen molar-refractivity contribution in [2.75, 3.05) is 38.0 Å². The molecule has 5 nitrogen and oxygen atoms in total. The lowest BCUT2D eigenvalue weighted by Crippen LogP contribution is -2.51. The number of anilines is 1. The molecule has 23 heavy (non-hydrogen) atoms. The van der Waals surface area contributed by atoms with Crippen LogP contribution in [-0.2, 0) is 9.59 Å². The number of nitrogens with zero attached hydrogens (tertiary/aromatic N) is 2. The number of hydrogen-bond acceptors (Lipinski definition) is 3. The van der Waals surface area contributed by atoms with Crippen molar-refractivity contribution in [1.82, 2.24) is 9.80 Å². The molecule has 1 aliphatic heterocycles. The lowest BCUT2D eigenvalue weighted by atomic mass is 10.1. The molecule has 0 saturated carbocycles. The second-order valence-corrected chi connectivity index (χ2v) is 6.57. The van der Waals surface area contributed by atoms with E-state index in [0.29, 0.717) is 19.6 Å². The summed E-state index contributed by atoms with van der Waals surface area (Å²) in [6.45, 7) is 11.1. The third-order valence-corrected chi connectivity index (χ3v) is 4.29. The fourth-order valence-corrected chi connectivity index (χ4v) is 2.89. The van der Waals surface area contributed by atoms with Crippen LogP contribution >= 0.6 is 0 Å². The Morgan fingerprint density at radius 2 is 1.65 bits per heavy atom. The van der Waals surface area contributed by atoms with Crippen molar-refractivity contribution >= 4 is 17.5 Å². The van der Waals surface area contributed by atoms with E-state index in [0.717, 1.165) is 29.9 Å². The first-order chi connectivity index (χ1) is 10.9. The van der Waals surface area contributed by atoms with Crippen molar-refractivity contribution in [3.8, 4) is 0 Å². The minimum Gasteiger partial charge on any atom is -0.340 e. The van der Waals surface area contributed by atoms with E-state index >= 15 is 0 Å². The second kappa shape index (κ2) is 7.59. The monoisotopic (exact) mass is 317 g/mol. The highest BCUT2D eigenvalue weighted by Crippen LogP contribution is 2.19. The number of amides is 2. The lowest BCUT2D eigenvalue weighted by Gasteiger charge is -2.35. The van der Waals surface area contributed by atoms with Crippen molar-refractivity contribution in [2.45, 2.75) is 27.7 Å². The number of piperazine rings is 1. The zero-order chi connectivity index (χ0) is 17.0. The molecule has 2 rings (SSSR count). The van der Waals surface area contributed by atoms with Gasteiger partial charge in [-0.3, -0.25) is 14.5 Å². The standard InChI is InChI=1S/C18H27N3O2/c1-13(2)18(23)21-10-8-20(9-11-21)12-16(22)19-17-14(3)6-5-7-15(17)4/h5-7,13H,8-12H2,1-4H3,(H,19,22). The van der Waals surface area contributed by atoms with E-state index in [1.54, 1.807) is 0 Å². The number of hydrogen-bond donors (Lipinski definition) is 1. The third-order valence-electron chi connectivity index (χ3n) is 4.29. The minimum atomic E-state index is 0.00559. The molecule has 1 saturated heterocycles. The van der Waals surface area contributed by atoms with Gasteiger partial charge in [0.1, 0.15) is 0 Å². The highest BCUT2D eigenvalue weighted by molar-refractivity contribution is 5.93. The SMILES string of the molecule is Cc1cccc(C)c1NC(=O)CN1CCN(C(=O)C(C)C)CC1. The average molecular weight is 317 g/mol. The predicted molar refractivity (Wildman–Crippen MR) is 92.4 cm³/mol. The number of carbonyl (C=O) groups is 2. The zero-order valence-electron chi connectivity index (χ0n) is 14.6. The molecule has 1 aromatic carbocycles. The van der Waals surface area contributed by atoms with Crippen LogP contribution in [0.4, 0.5) is 5.69 Å². The molecular weight excluding hydrogens is 290 g/mol. The van der Waals surface area contributed by atoms with Crippen molar-refractivity contribution in [2.24, 2.45) is 5.92 Å². The van der Waals surface area contributed by atoms with Crippen LogP contribution in [0.2, 0.25) is 0 Å². The summed E-state index contributed by atoms with van der Waals surface area (Å²) < 4.78 is 0. The van der Waals surface area contributed by atoms with Crippen LogP contribution in [0.5, 0.6) is 0 Å². The minimum absolute atomic E-state index is 0.00559. The quantitative estimate of drug-likeness (QED) is 0.924. The van der Waals surface area contributed by atoms with E-state index in [2.05, 4.69) is 10.2 Å². The Labute approximate surface area is 138 Å². The Kier molecular flexibility index (Phi) is 5.77. The summed E-state index contributed by atoms with van der Waals surface area (Å²) >= 11 is 0. The van der Waals surface area contributed by atoms with Gasteiger partial charge in [-0.25, -0.2) is 0 Å². The van der Waals surface area contributed by atoms with Gasteiger partial charge in [0.15, 0.2) is 0 Å². The molecule has 0 bridgehead atoms. The van der Waals surface area contributed by atoms with Gasteiger partial charge in [-0.15, -0.1) is 0 Å². The molecule has 0 atom stereocenters. The average Bonchev–Trinajstić information content (AvgIpc) is 2.51. The van der Waals surface area contributed by atoms with Crippen LogP contribution in [0.1, 0.15) is 25.0 Å². The normalized spacial score (nSPS) is 15.8. The summed E-state index contributed by atoms with van der Waals surface area (Å²) in [6.07, 6.45) is 0. The lowest BCUT2D eigenvalue weighted by molar-refractivity contribution is -0.136. The van der Waals surface area contributed by atoms with E-state index in [1.165, 1.54) is 0 Å². The van der Waals surface area contributed by atoms with Crippen molar-refractivity contribution in [3.05, 3.63) is 29.3 Å². The Morgan fingerprint density at radius 1 is 1.09 bits per heavy atom. The first-order valence-corrected chi connectivity index (χ1v) is 8.25. The number of para-hydroxylation sites is 1. The molecule has 5 heteroatoms. The molecule has 2 amide bonds. The van der Waals surface area contributed by atoms with Gasteiger partial charge < -0.3 is 10.2 Å². The molecule has 1 N–H and O–H groups in total. The van der Waals surface area contributed by atoms with Crippen molar-refractivity contribution < 1.29 is 9.59 Å². The number of benzene rings is 1. The van der Waals surface area contributed by atoms with Crippen LogP contribution in [0, 0.1) is 19.8 Å². The van der Waals surface area contributed by atoms with E-state index in [1.807, 2.05) is 50.8 Å². The maximum absolute atomic E-state index is 12.3. The summed E-state index contributed by atoms with van der Waals surface area (Å²) in [4.78, 5) is 28.2. The van der Waals surface area contributed by atoms with Crippen LogP contribution in [-0.4, -0.2) is 54.3 Å². The zero-order valence-corrected chi connectivity index (χ0v) is 14.6. The van der Waals surface area contributed by atoms with E-state index in [4.69, 9.17) is 0 Å². The van der Waals surface area contributed by atoms with Crippen LogP contribution < -0.4 is 5.32 Å². The van der Waals surface area contributed by atoms with Crippen LogP contribution in [0.3, 0.4) is 0 Å². The van der Waals surface area contributed by atoms with Crippen molar-refractivity contribution in [3.63, 3.8) is 0 Å². The first-order valence-electron chi connectivity index (χ1n) is 8.25. The number of nitrogens with one attached hydrogen (secondary N) is 1. The van der Waals surface area contributed by atoms with Gasteiger partial charge in [-0.05, 0) is 25.0 Å². The Hall–Kier alpha value is -1.88. The van der Waals surface area contributed by atoms with Gasteiger partial charge in [-0.2, -0.15) is 0 Å². The molecule has 1 fully saturated rings. The summed E-state index contributed by atoms with van der Waals surface area (Å²) in [5.41, 5.74) is 3.06.